The number of rotatable bonds is 4. The van der Waals surface area contributed by atoms with E-state index in [1.54, 1.807) is 0 Å². The molecule has 0 aromatic rings. The monoisotopic (exact) mass is 173 g/mol. The predicted octanol–water partition coefficient (Wildman–Crippen LogP) is 1.28. The molecule has 72 valence electrons. The molecule has 12 heavy (non-hydrogen) atoms. The van der Waals surface area contributed by atoms with E-state index in [0.29, 0.717) is 12.6 Å². The molecule has 0 aliphatic rings. The summed E-state index contributed by atoms with van der Waals surface area (Å²) in [4.78, 5) is 13.1. The van der Waals surface area contributed by atoms with E-state index < -0.39 is 0 Å². The fourth-order valence-electron chi connectivity index (χ4n) is 0.686. The van der Waals surface area contributed by atoms with Crippen molar-refractivity contribution in [3.05, 3.63) is 0 Å². The van der Waals surface area contributed by atoms with Crippen LogP contribution in [0.25, 0.3) is 0 Å². The summed E-state index contributed by atoms with van der Waals surface area (Å²) in [5.74, 6) is -0.152. The second-order valence-corrected chi connectivity index (χ2v) is 3.55. The molecule has 0 rings (SSSR count). The zero-order valence-corrected chi connectivity index (χ0v) is 8.63. The summed E-state index contributed by atoms with van der Waals surface area (Å²) in [5, 5.41) is 0. The van der Waals surface area contributed by atoms with Gasteiger partial charge in [-0.2, -0.15) is 0 Å². The van der Waals surface area contributed by atoms with Gasteiger partial charge in [-0.1, -0.05) is 0 Å². The van der Waals surface area contributed by atoms with Gasteiger partial charge in [0, 0.05) is 6.04 Å². The smallest absolute Gasteiger partial charge is 0.320 e. The van der Waals surface area contributed by atoms with Crippen LogP contribution in [0, 0.1) is 0 Å². The molecular weight excluding hydrogens is 154 g/mol. The predicted molar refractivity (Wildman–Crippen MR) is 49.0 cm³/mol. The normalized spacial score (nSPS) is 11.3. The lowest BCUT2D eigenvalue weighted by Crippen LogP contribution is -2.33. The van der Waals surface area contributed by atoms with Crippen molar-refractivity contribution in [1.82, 2.24) is 4.90 Å². The van der Waals surface area contributed by atoms with E-state index in [2.05, 4.69) is 0 Å². The molecule has 3 nitrogen and oxygen atoms in total. The highest BCUT2D eigenvalue weighted by atomic mass is 16.5. The Kier molecular flexibility index (Phi) is 4.90. The first-order chi connectivity index (χ1) is 5.43. The molecule has 0 radical (unpaired) electrons. The van der Waals surface area contributed by atoms with E-state index in [1.807, 2.05) is 39.6 Å². The summed E-state index contributed by atoms with van der Waals surface area (Å²) in [7, 11) is 1.91. The lowest BCUT2D eigenvalue weighted by Gasteiger charge is -2.20. The maximum atomic E-state index is 11.1. The number of carbonyl (C=O) groups excluding carboxylic acids is 1. The molecule has 3 heteroatoms. The molecule has 0 heterocycles. The number of ether oxygens (including phenoxy) is 1. The van der Waals surface area contributed by atoms with Crippen LogP contribution in [0.3, 0.4) is 0 Å². The molecule has 0 saturated carbocycles. The van der Waals surface area contributed by atoms with Crippen molar-refractivity contribution in [2.75, 3.05) is 13.6 Å². The Balaban J connectivity index is 3.69. The first kappa shape index (κ1) is 11.4. The van der Waals surface area contributed by atoms with Gasteiger partial charge in [0.15, 0.2) is 0 Å². The van der Waals surface area contributed by atoms with Crippen LogP contribution >= 0.6 is 0 Å². The van der Waals surface area contributed by atoms with Crippen LogP contribution in [-0.4, -0.2) is 36.6 Å². The fraction of sp³-hybridized carbons (Fsp3) is 0.889. The van der Waals surface area contributed by atoms with Crippen molar-refractivity contribution < 1.29 is 9.53 Å². The number of likely N-dealkylation sites (N-methyl/N-ethyl adjacent to an activating group) is 1. The highest BCUT2D eigenvalue weighted by Gasteiger charge is 2.10. The molecule has 0 aromatic carbocycles. The first-order valence-electron chi connectivity index (χ1n) is 4.33. The number of hydrogen-bond donors (Lipinski definition) is 0. The largest absolute Gasteiger partial charge is 0.462 e. The third kappa shape index (κ3) is 5.13. The van der Waals surface area contributed by atoms with E-state index in [0.717, 1.165) is 0 Å². The average Bonchev–Trinajstić information content (AvgIpc) is 1.84. The van der Waals surface area contributed by atoms with Gasteiger partial charge in [0.1, 0.15) is 0 Å². The van der Waals surface area contributed by atoms with Gasteiger partial charge in [-0.3, -0.25) is 9.69 Å². The zero-order valence-electron chi connectivity index (χ0n) is 8.63. The van der Waals surface area contributed by atoms with Gasteiger partial charge >= 0.3 is 5.97 Å². The van der Waals surface area contributed by atoms with Crippen LogP contribution in [0.4, 0.5) is 0 Å². The SMILES string of the molecule is CC(C)OC(=O)CN(C)C(C)C. The highest BCUT2D eigenvalue weighted by molar-refractivity contribution is 5.71. The minimum Gasteiger partial charge on any atom is -0.462 e. The van der Waals surface area contributed by atoms with Crippen LogP contribution in [-0.2, 0) is 9.53 Å². The maximum Gasteiger partial charge on any atom is 0.320 e. The molecule has 0 unspecified atom stereocenters. The average molecular weight is 173 g/mol. The highest BCUT2D eigenvalue weighted by Crippen LogP contribution is 1.95. The van der Waals surface area contributed by atoms with Crippen molar-refractivity contribution >= 4 is 5.97 Å². The van der Waals surface area contributed by atoms with E-state index in [4.69, 9.17) is 4.74 Å². The zero-order chi connectivity index (χ0) is 9.72. The minimum absolute atomic E-state index is 0.0157. The van der Waals surface area contributed by atoms with Crippen molar-refractivity contribution in [2.45, 2.75) is 39.8 Å². The van der Waals surface area contributed by atoms with Crippen LogP contribution in [0.5, 0.6) is 0 Å². The summed E-state index contributed by atoms with van der Waals surface area (Å²) in [6.07, 6.45) is -0.0157. The van der Waals surface area contributed by atoms with Gasteiger partial charge in [-0.15, -0.1) is 0 Å². The summed E-state index contributed by atoms with van der Waals surface area (Å²) >= 11 is 0. The van der Waals surface area contributed by atoms with Crippen LogP contribution < -0.4 is 0 Å². The molecule has 0 atom stereocenters. The van der Waals surface area contributed by atoms with Crippen LogP contribution in [0.15, 0.2) is 0 Å². The Bertz CT molecular complexity index is 143. The van der Waals surface area contributed by atoms with Crippen LogP contribution in [0.2, 0.25) is 0 Å². The Morgan fingerprint density at radius 1 is 1.33 bits per heavy atom. The topological polar surface area (TPSA) is 29.5 Å². The van der Waals surface area contributed by atoms with Gasteiger partial charge < -0.3 is 4.74 Å². The summed E-state index contributed by atoms with van der Waals surface area (Å²) < 4.78 is 4.99. The number of nitrogens with zero attached hydrogens (tertiary/aromatic N) is 1. The molecule has 0 aromatic heterocycles. The molecule has 0 aliphatic heterocycles. The van der Waals surface area contributed by atoms with Crippen molar-refractivity contribution in [1.29, 1.82) is 0 Å². The fourth-order valence-corrected chi connectivity index (χ4v) is 0.686. The van der Waals surface area contributed by atoms with E-state index >= 15 is 0 Å². The molecule has 0 aliphatic carbocycles. The molecule has 0 bridgehead atoms. The molecule has 0 amide bonds. The third-order valence-corrected chi connectivity index (χ3v) is 1.63. The van der Waals surface area contributed by atoms with Gasteiger partial charge in [-0.25, -0.2) is 0 Å². The van der Waals surface area contributed by atoms with Crippen LogP contribution in [0.1, 0.15) is 27.7 Å². The quantitative estimate of drug-likeness (QED) is 0.600. The summed E-state index contributed by atoms with van der Waals surface area (Å²) in [6, 6.07) is 0.379. The van der Waals surface area contributed by atoms with Crippen molar-refractivity contribution in [2.24, 2.45) is 0 Å². The second kappa shape index (κ2) is 5.14. The number of carbonyl (C=O) groups is 1. The Labute approximate surface area is 74.7 Å². The third-order valence-electron chi connectivity index (χ3n) is 1.63. The van der Waals surface area contributed by atoms with Crippen molar-refractivity contribution in [3.63, 3.8) is 0 Å². The van der Waals surface area contributed by atoms with Gasteiger partial charge in [0.2, 0.25) is 0 Å². The van der Waals surface area contributed by atoms with E-state index in [-0.39, 0.29) is 12.1 Å². The Morgan fingerprint density at radius 3 is 2.17 bits per heavy atom. The first-order valence-corrected chi connectivity index (χ1v) is 4.33. The second-order valence-electron chi connectivity index (χ2n) is 3.55. The standard InChI is InChI=1S/C9H19NO2/c1-7(2)10(5)6-9(11)12-8(3)4/h7-8H,6H2,1-5H3. The molecule has 0 spiro atoms. The van der Waals surface area contributed by atoms with Crippen molar-refractivity contribution in [3.8, 4) is 0 Å². The maximum absolute atomic E-state index is 11.1. The van der Waals surface area contributed by atoms with Gasteiger partial charge in [-0.05, 0) is 34.7 Å². The van der Waals surface area contributed by atoms with E-state index in [9.17, 15) is 4.79 Å². The van der Waals surface area contributed by atoms with Gasteiger partial charge in [0.25, 0.3) is 0 Å². The number of hydrogen-bond acceptors (Lipinski definition) is 3. The number of esters is 1. The lowest BCUT2D eigenvalue weighted by atomic mass is 10.3. The van der Waals surface area contributed by atoms with E-state index in [1.165, 1.54) is 0 Å². The molecular formula is C9H19NO2. The Hall–Kier alpha value is -0.570. The summed E-state index contributed by atoms with van der Waals surface area (Å²) in [5.41, 5.74) is 0. The Morgan fingerprint density at radius 2 is 1.83 bits per heavy atom. The minimum atomic E-state index is -0.152. The molecule has 0 saturated heterocycles. The lowest BCUT2D eigenvalue weighted by molar-refractivity contribution is -0.148. The molecule has 0 fully saturated rings. The summed E-state index contributed by atoms with van der Waals surface area (Å²) in [6.45, 7) is 8.17. The van der Waals surface area contributed by atoms with Gasteiger partial charge in [0.05, 0.1) is 12.6 Å². The molecule has 0 N–H and O–H groups in total.